The van der Waals surface area contributed by atoms with E-state index in [1.54, 1.807) is 11.3 Å². The molecule has 2 aromatic rings. The lowest BCUT2D eigenvalue weighted by Gasteiger charge is -1.93. The molecule has 4 heteroatoms. The van der Waals surface area contributed by atoms with E-state index in [9.17, 15) is 0 Å². The van der Waals surface area contributed by atoms with Crippen LogP contribution in [0.2, 0.25) is 5.02 Å². The summed E-state index contributed by atoms with van der Waals surface area (Å²) >= 11 is 7.53. The van der Waals surface area contributed by atoms with Crippen molar-refractivity contribution in [3.63, 3.8) is 0 Å². The summed E-state index contributed by atoms with van der Waals surface area (Å²) in [4.78, 5) is 4.45. The first-order chi connectivity index (χ1) is 7.29. The third-order valence-corrected chi connectivity index (χ3v) is 3.15. The summed E-state index contributed by atoms with van der Waals surface area (Å²) in [5.74, 6) is 2.53. The van der Waals surface area contributed by atoms with Gasteiger partial charge in [0.2, 0.25) is 0 Å². The van der Waals surface area contributed by atoms with Crippen LogP contribution < -0.4 is 5.32 Å². The van der Waals surface area contributed by atoms with Crippen molar-refractivity contribution in [1.82, 2.24) is 10.3 Å². The second-order valence-electron chi connectivity index (χ2n) is 3.03. The van der Waals surface area contributed by atoms with Gasteiger partial charge in [0.25, 0.3) is 0 Å². The zero-order chi connectivity index (χ0) is 10.7. The standard InChI is InChI=1S/C11H9ClN2S/c1-2-5-13-7-11-14-9-4-3-8(12)6-10(9)15-11/h1,3-4,6,13H,5,7H2. The highest BCUT2D eigenvalue weighted by molar-refractivity contribution is 7.18. The highest BCUT2D eigenvalue weighted by atomic mass is 35.5. The van der Waals surface area contributed by atoms with Crippen molar-refractivity contribution in [3.05, 3.63) is 28.2 Å². The van der Waals surface area contributed by atoms with Crippen LogP contribution in [0.1, 0.15) is 5.01 Å². The molecular formula is C11H9ClN2S. The Labute approximate surface area is 97.3 Å². The molecule has 0 aliphatic heterocycles. The van der Waals surface area contributed by atoms with Crippen molar-refractivity contribution in [2.24, 2.45) is 0 Å². The average molecular weight is 237 g/mol. The minimum atomic E-state index is 0.566. The molecule has 1 aromatic carbocycles. The first-order valence-electron chi connectivity index (χ1n) is 4.49. The third kappa shape index (κ3) is 2.48. The van der Waals surface area contributed by atoms with Crippen LogP contribution in [0.3, 0.4) is 0 Å². The predicted molar refractivity (Wildman–Crippen MR) is 65.2 cm³/mol. The lowest BCUT2D eigenvalue weighted by Crippen LogP contribution is -2.12. The van der Waals surface area contributed by atoms with Gasteiger partial charge in [0, 0.05) is 11.6 Å². The van der Waals surface area contributed by atoms with E-state index in [-0.39, 0.29) is 0 Å². The highest BCUT2D eigenvalue weighted by Crippen LogP contribution is 2.24. The van der Waals surface area contributed by atoms with Gasteiger partial charge in [0.1, 0.15) is 5.01 Å². The summed E-state index contributed by atoms with van der Waals surface area (Å²) < 4.78 is 1.11. The predicted octanol–water partition coefficient (Wildman–Crippen LogP) is 2.67. The van der Waals surface area contributed by atoms with Gasteiger partial charge in [-0.25, -0.2) is 4.98 Å². The molecule has 0 saturated carbocycles. The fraction of sp³-hybridized carbons (Fsp3) is 0.182. The van der Waals surface area contributed by atoms with E-state index in [0.717, 1.165) is 20.2 Å². The van der Waals surface area contributed by atoms with Crippen LogP contribution in [-0.2, 0) is 6.54 Å². The maximum atomic E-state index is 5.89. The molecule has 1 heterocycles. The van der Waals surface area contributed by atoms with Crippen LogP contribution in [0.25, 0.3) is 10.2 Å². The zero-order valence-electron chi connectivity index (χ0n) is 7.96. The molecule has 0 saturated heterocycles. The number of halogens is 1. The van der Waals surface area contributed by atoms with Crippen LogP contribution in [0, 0.1) is 12.3 Å². The Morgan fingerprint density at radius 1 is 1.53 bits per heavy atom. The van der Waals surface area contributed by atoms with E-state index < -0.39 is 0 Å². The Hall–Kier alpha value is -1.08. The molecule has 2 rings (SSSR count). The number of hydrogen-bond acceptors (Lipinski definition) is 3. The molecule has 0 spiro atoms. The quantitative estimate of drug-likeness (QED) is 0.655. The Bertz CT molecular complexity index is 513. The van der Waals surface area contributed by atoms with E-state index >= 15 is 0 Å². The topological polar surface area (TPSA) is 24.9 Å². The van der Waals surface area contributed by atoms with Crippen molar-refractivity contribution in [3.8, 4) is 12.3 Å². The van der Waals surface area contributed by atoms with Crippen molar-refractivity contribution < 1.29 is 0 Å². The Morgan fingerprint density at radius 3 is 3.20 bits per heavy atom. The molecule has 0 unspecified atom stereocenters. The maximum absolute atomic E-state index is 5.89. The summed E-state index contributed by atoms with van der Waals surface area (Å²) in [6, 6.07) is 5.71. The number of terminal acetylenes is 1. The molecule has 15 heavy (non-hydrogen) atoms. The molecule has 76 valence electrons. The van der Waals surface area contributed by atoms with E-state index in [0.29, 0.717) is 13.1 Å². The second kappa shape index (κ2) is 4.63. The van der Waals surface area contributed by atoms with E-state index in [1.807, 2.05) is 18.2 Å². The summed E-state index contributed by atoms with van der Waals surface area (Å²) in [6.07, 6.45) is 5.14. The summed E-state index contributed by atoms with van der Waals surface area (Å²) in [5, 5.41) is 4.88. The fourth-order valence-corrected chi connectivity index (χ4v) is 2.48. The van der Waals surface area contributed by atoms with Crippen molar-refractivity contribution in [2.75, 3.05) is 6.54 Å². The number of hydrogen-bond donors (Lipinski definition) is 1. The number of aromatic nitrogens is 1. The van der Waals surface area contributed by atoms with Crippen LogP contribution >= 0.6 is 22.9 Å². The number of nitrogens with one attached hydrogen (secondary N) is 1. The maximum Gasteiger partial charge on any atom is 0.108 e. The van der Waals surface area contributed by atoms with Gasteiger partial charge >= 0.3 is 0 Å². The number of rotatable bonds is 3. The third-order valence-electron chi connectivity index (χ3n) is 1.90. The van der Waals surface area contributed by atoms with Gasteiger partial charge in [-0.2, -0.15) is 0 Å². The normalized spacial score (nSPS) is 10.4. The molecule has 0 amide bonds. The molecule has 0 fully saturated rings. The minimum absolute atomic E-state index is 0.566. The largest absolute Gasteiger partial charge is 0.300 e. The molecular weight excluding hydrogens is 228 g/mol. The molecule has 0 atom stereocenters. The highest BCUT2D eigenvalue weighted by Gasteiger charge is 2.03. The fourth-order valence-electron chi connectivity index (χ4n) is 1.26. The Morgan fingerprint density at radius 2 is 2.40 bits per heavy atom. The van der Waals surface area contributed by atoms with Gasteiger partial charge in [-0.15, -0.1) is 17.8 Å². The van der Waals surface area contributed by atoms with Crippen LogP contribution in [0.15, 0.2) is 18.2 Å². The monoisotopic (exact) mass is 236 g/mol. The lowest BCUT2D eigenvalue weighted by atomic mass is 10.3. The molecule has 1 N–H and O–H groups in total. The SMILES string of the molecule is C#CCNCc1nc2ccc(Cl)cc2s1. The number of nitrogens with zero attached hydrogens (tertiary/aromatic N) is 1. The zero-order valence-corrected chi connectivity index (χ0v) is 9.53. The Balaban J connectivity index is 2.20. The minimum Gasteiger partial charge on any atom is -0.300 e. The first-order valence-corrected chi connectivity index (χ1v) is 5.68. The summed E-state index contributed by atoms with van der Waals surface area (Å²) in [7, 11) is 0. The average Bonchev–Trinajstić information content (AvgIpc) is 2.60. The van der Waals surface area contributed by atoms with Crippen LogP contribution in [0.4, 0.5) is 0 Å². The van der Waals surface area contributed by atoms with Gasteiger partial charge in [0.05, 0.1) is 16.8 Å². The number of fused-ring (bicyclic) bond motifs is 1. The first kappa shape index (κ1) is 10.4. The van der Waals surface area contributed by atoms with Crippen molar-refractivity contribution in [2.45, 2.75) is 6.54 Å². The molecule has 1 aromatic heterocycles. The van der Waals surface area contributed by atoms with Crippen LogP contribution in [-0.4, -0.2) is 11.5 Å². The van der Waals surface area contributed by atoms with Gasteiger partial charge in [-0.1, -0.05) is 17.5 Å². The van der Waals surface area contributed by atoms with Crippen LogP contribution in [0.5, 0.6) is 0 Å². The summed E-state index contributed by atoms with van der Waals surface area (Å²) in [6.45, 7) is 1.28. The molecule has 0 aliphatic carbocycles. The van der Waals surface area contributed by atoms with Gasteiger partial charge in [-0.05, 0) is 18.2 Å². The second-order valence-corrected chi connectivity index (χ2v) is 4.58. The molecule has 2 nitrogen and oxygen atoms in total. The molecule has 0 radical (unpaired) electrons. The van der Waals surface area contributed by atoms with Crippen molar-refractivity contribution in [1.29, 1.82) is 0 Å². The van der Waals surface area contributed by atoms with Gasteiger partial charge in [0.15, 0.2) is 0 Å². The smallest absolute Gasteiger partial charge is 0.108 e. The van der Waals surface area contributed by atoms with E-state index in [2.05, 4.69) is 16.2 Å². The van der Waals surface area contributed by atoms with Gasteiger partial charge < -0.3 is 0 Å². The van der Waals surface area contributed by atoms with Crippen molar-refractivity contribution >= 4 is 33.2 Å². The summed E-state index contributed by atoms with van der Waals surface area (Å²) in [5.41, 5.74) is 0.988. The number of benzene rings is 1. The van der Waals surface area contributed by atoms with Gasteiger partial charge in [-0.3, -0.25) is 5.32 Å². The number of thiazole rings is 1. The molecule has 0 aliphatic rings. The lowest BCUT2D eigenvalue weighted by molar-refractivity contribution is 0.766. The Kier molecular flexibility index (Phi) is 3.22. The van der Waals surface area contributed by atoms with E-state index in [4.69, 9.17) is 18.0 Å². The van der Waals surface area contributed by atoms with E-state index in [1.165, 1.54) is 0 Å². The molecule has 0 bridgehead atoms.